The number of pyridine rings is 1. The van der Waals surface area contributed by atoms with Crippen LogP contribution in [0, 0.1) is 6.92 Å². The molecule has 0 N–H and O–H groups in total. The molecule has 2 heterocycles. The Morgan fingerprint density at radius 2 is 2.07 bits per heavy atom. The fourth-order valence-corrected chi connectivity index (χ4v) is 3.41. The molecule has 0 aromatic carbocycles. The number of carbonyl (C=O) groups is 1. The van der Waals surface area contributed by atoms with Crippen molar-refractivity contribution < 1.29 is 18.3 Å². The Hall–Kier alpha value is -2.28. The number of hydrogen-bond donors (Lipinski definition) is 0. The number of ketones is 1. The maximum absolute atomic E-state index is 12.5. The summed E-state index contributed by atoms with van der Waals surface area (Å²) < 4.78 is 30.2. The molecule has 0 spiro atoms. The van der Waals surface area contributed by atoms with Crippen molar-refractivity contribution in [2.45, 2.75) is 46.7 Å². The topological polar surface area (TPSA) is 45.7 Å². The van der Waals surface area contributed by atoms with E-state index in [1.807, 2.05) is 45.0 Å². The molecule has 7 heteroatoms. The summed E-state index contributed by atoms with van der Waals surface area (Å²) >= 11 is 0. The summed E-state index contributed by atoms with van der Waals surface area (Å²) in [6.45, 7) is 8.04. The highest BCUT2D eigenvalue weighted by Gasteiger charge is 2.24. The van der Waals surface area contributed by atoms with E-state index >= 15 is 0 Å². The van der Waals surface area contributed by atoms with Crippen LogP contribution < -0.4 is 0 Å². The number of allylic oxidation sites excluding steroid dienone is 2. The van der Waals surface area contributed by atoms with Crippen molar-refractivity contribution >= 4 is 5.78 Å². The van der Waals surface area contributed by atoms with E-state index in [1.165, 1.54) is 6.92 Å². The average Bonchev–Trinajstić information content (AvgIpc) is 2.61. The second kappa shape index (κ2) is 9.28. The standard InChI is InChI=1S/C21H29F2N3O2/c1-13-7-8-24-20(16(4)27)18(13)11-25(5)15(3)17-9-14(2)21(26(6)10-17)28-12-19(22)23/h7-9,15,19H,10-12H2,1-6H3. The third kappa shape index (κ3) is 5.16. The van der Waals surface area contributed by atoms with Crippen LogP contribution in [0.1, 0.15) is 42.4 Å². The molecule has 0 aliphatic carbocycles. The first kappa shape index (κ1) is 22.0. The molecule has 0 saturated carbocycles. The summed E-state index contributed by atoms with van der Waals surface area (Å²) in [6, 6.07) is 2.00. The minimum atomic E-state index is -2.50. The molecule has 1 aliphatic heterocycles. The summed E-state index contributed by atoms with van der Waals surface area (Å²) in [5.74, 6) is 0.442. The molecule has 0 amide bonds. The highest BCUT2D eigenvalue weighted by Crippen LogP contribution is 2.25. The Kier molecular flexibility index (Phi) is 7.29. The molecule has 2 rings (SSSR count). The predicted octanol–water partition coefficient (Wildman–Crippen LogP) is 3.80. The van der Waals surface area contributed by atoms with E-state index in [0.29, 0.717) is 24.7 Å². The normalized spacial score (nSPS) is 15.9. The van der Waals surface area contributed by atoms with Gasteiger partial charge in [-0.15, -0.1) is 0 Å². The number of alkyl halides is 2. The zero-order chi connectivity index (χ0) is 21.0. The Balaban J connectivity index is 2.19. The Labute approximate surface area is 165 Å². The first-order valence-electron chi connectivity index (χ1n) is 9.30. The van der Waals surface area contributed by atoms with Crippen LogP contribution >= 0.6 is 0 Å². The van der Waals surface area contributed by atoms with Crippen LogP contribution in [0.25, 0.3) is 0 Å². The van der Waals surface area contributed by atoms with Gasteiger partial charge in [0.05, 0.1) is 0 Å². The fourth-order valence-electron chi connectivity index (χ4n) is 3.41. The van der Waals surface area contributed by atoms with Gasteiger partial charge in [0.15, 0.2) is 18.3 Å². The highest BCUT2D eigenvalue weighted by atomic mass is 19.3. The van der Waals surface area contributed by atoms with E-state index in [4.69, 9.17) is 4.74 Å². The minimum Gasteiger partial charge on any atom is -0.473 e. The van der Waals surface area contributed by atoms with E-state index in [2.05, 4.69) is 16.8 Å². The van der Waals surface area contributed by atoms with Gasteiger partial charge >= 0.3 is 0 Å². The quantitative estimate of drug-likeness (QED) is 0.629. The van der Waals surface area contributed by atoms with Crippen molar-refractivity contribution in [3.63, 3.8) is 0 Å². The van der Waals surface area contributed by atoms with Gasteiger partial charge in [-0.2, -0.15) is 0 Å². The van der Waals surface area contributed by atoms with E-state index in [0.717, 1.165) is 22.3 Å². The second-order valence-electron chi connectivity index (χ2n) is 7.37. The van der Waals surface area contributed by atoms with E-state index in [9.17, 15) is 13.6 Å². The number of Topliss-reactive ketones (excluding diaryl/α,β-unsaturated/α-hetero) is 1. The number of likely N-dealkylation sites (N-methyl/N-ethyl adjacent to an activating group) is 2. The first-order chi connectivity index (χ1) is 13.1. The third-order valence-electron chi connectivity index (χ3n) is 5.08. The molecule has 0 radical (unpaired) electrons. The summed E-state index contributed by atoms with van der Waals surface area (Å²) in [6.07, 6.45) is 1.17. The van der Waals surface area contributed by atoms with Crippen molar-refractivity contribution in [3.05, 3.63) is 52.2 Å². The van der Waals surface area contributed by atoms with Crippen molar-refractivity contribution in [3.8, 4) is 0 Å². The Morgan fingerprint density at radius 1 is 1.39 bits per heavy atom. The molecule has 154 valence electrons. The summed E-state index contributed by atoms with van der Waals surface area (Å²) in [5, 5.41) is 0. The molecule has 1 aromatic heterocycles. The minimum absolute atomic E-state index is 0.0454. The molecule has 1 unspecified atom stereocenters. The number of aryl methyl sites for hydroxylation is 1. The summed E-state index contributed by atoms with van der Waals surface area (Å²) in [5.41, 5.74) is 4.45. The van der Waals surface area contributed by atoms with Crippen LogP contribution in [-0.2, 0) is 11.3 Å². The van der Waals surface area contributed by atoms with Crippen LogP contribution in [0.3, 0.4) is 0 Å². The van der Waals surface area contributed by atoms with E-state index in [-0.39, 0.29) is 11.8 Å². The largest absolute Gasteiger partial charge is 0.473 e. The zero-order valence-corrected chi connectivity index (χ0v) is 17.4. The van der Waals surface area contributed by atoms with Gasteiger partial charge in [-0.05, 0) is 50.6 Å². The maximum Gasteiger partial charge on any atom is 0.272 e. The molecule has 1 aliphatic rings. The maximum atomic E-state index is 12.5. The van der Waals surface area contributed by atoms with Crippen molar-refractivity contribution in [1.29, 1.82) is 0 Å². The Bertz CT molecular complexity index is 790. The van der Waals surface area contributed by atoms with E-state index < -0.39 is 13.0 Å². The Morgan fingerprint density at radius 3 is 2.64 bits per heavy atom. The average molecular weight is 393 g/mol. The van der Waals surface area contributed by atoms with Crippen LogP contribution in [0.15, 0.2) is 35.4 Å². The number of carbonyl (C=O) groups excluding carboxylic acids is 1. The molecule has 1 atom stereocenters. The lowest BCUT2D eigenvalue weighted by Gasteiger charge is -2.34. The zero-order valence-electron chi connectivity index (χ0n) is 17.4. The molecule has 1 aromatic rings. The summed E-state index contributed by atoms with van der Waals surface area (Å²) in [4.78, 5) is 20.2. The van der Waals surface area contributed by atoms with Crippen molar-refractivity contribution in [2.24, 2.45) is 0 Å². The monoisotopic (exact) mass is 393 g/mol. The molecular weight excluding hydrogens is 364 g/mol. The second-order valence-corrected chi connectivity index (χ2v) is 7.37. The lowest BCUT2D eigenvalue weighted by Crippen LogP contribution is -2.37. The molecule has 28 heavy (non-hydrogen) atoms. The van der Waals surface area contributed by atoms with Crippen LogP contribution in [0.5, 0.6) is 0 Å². The van der Waals surface area contributed by atoms with Gasteiger partial charge in [0.25, 0.3) is 6.43 Å². The molecular formula is C21H29F2N3O2. The lowest BCUT2D eigenvalue weighted by molar-refractivity contribution is 0.0222. The van der Waals surface area contributed by atoms with Crippen LogP contribution in [0.4, 0.5) is 8.78 Å². The number of ether oxygens (including phenoxy) is 1. The third-order valence-corrected chi connectivity index (χ3v) is 5.08. The SMILES string of the molecule is CC(=O)c1nccc(C)c1CN(C)C(C)C1=CC(C)=C(OCC(F)F)N(C)C1. The predicted molar refractivity (Wildman–Crippen MR) is 105 cm³/mol. The summed E-state index contributed by atoms with van der Waals surface area (Å²) in [7, 11) is 3.84. The number of aromatic nitrogens is 1. The van der Waals surface area contributed by atoms with Gasteiger partial charge in [0, 0.05) is 44.9 Å². The molecule has 5 nitrogen and oxygen atoms in total. The highest BCUT2D eigenvalue weighted by molar-refractivity contribution is 5.93. The molecule has 0 fully saturated rings. The number of halogens is 2. The molecule has 0 bridgehead atoms. The van der Waals surface area contributed by atoms with Gasteiger partial charge in [0.1, 0.15) is 5.69 Å². The van der Waals surface area contributed by atoms with Crippen molar-refractivity contribution in [2.75, 3.05) is 27.2 Å². The first-order valence-corrected chi connectivity index (χ1v) is 9.30. The number of hydrogen-bond acceptors (Lipinski definition) is 5. The smallest absolute Gasteiger partial charge is 0.272 e. The van der Waals surface area contributed by atoms with Gasteiger partial charge in [-0.3, -0.25) is 14.7 Å². The van der Waals surface area contributed by atoms with Crippen LogP contribution in [-0.4, -0.2) is 60.3 Å². The van der Waals surface area contributed by atoms with Gasteiger partial charge in [0.2, 0.25) is 0 Å². The van der Waals surface area contributed by atoms with Crippen LogP contribution in [0.2, 0.25) is 0 Å². The van der Waals surface area contributed by atoms with E-state index in [1.54, 1.807) is 6.20 Å². The van der Waals surface area contributed by atoms with Gasteiger partial charge in [-0.25, -0.2) is 8.78 Å². The number of rotatable bonds is 8. The van der Waals surface area contributed by atoms with Gasteiger partial charge in [-0.1, -0.05) is 6.08 Å². The van der Waals surface area contributed by atoms with Gasteiger partial charge < -0.3 is 9.64 Å². The lowest BCUT2D eigenvalue weighted by atomic mass is 9.99. The van der Waals surface area contributed by atoms with Crippen molar-refractivity contribution in [1.82, 2.24) is 14.8 Å². The molecule has 0 saturated heterocycles. The number of nitrogens with zero attached hydrogens (tertiary/aromatic N) is 3. The fraction of sp³-hybridized carbons (Fsp3) is 0.524.